The topological polar surface area (TPSA) is 56.1 Å². The summed E-state index contributed by atoms with van der Waals surface area (Å²) in [7, 11) is 0. The second-order valence-electron chi connectivity index (χ2n) is 7.35. The maximum atomic E-state index is 12.6. The maximum Gasteiger partial charge on any atom is 0.251 e. The molecule has 4 rings (SSSR count). The molecule has 0 radical (unpaired) electrons. The Morgan fingerprint density at radius 1 is 1.03 bits per heavy atom. The summed E-state index contributed by atoms with van der Waals surface area (Å²) in [5.41, 5.74) is 4.14. The van der Waals surface area contributed by atoms with Crippen LogP contribution in [0.15, 0.2) is 85.1 Å². The van der Waals surface area contributed by atoms with Crippen molar-refractivity contribution >= 4 is 17.5 Å². The second kappa shape index (κ2) is 10.2. The molecule has 0 aliphatic carbocycles. The molecule has 0 fully saturated rings. The average Bonchev–Trinajstić information content (AvgIpc) is 3.26. The molecule has 0 spiro atoms. The number of rotatable bonds is 8. The third-order valence-electron chi connectivity index (χ3n) is 4.94. The van der Waals surface area contributed by atoms with E-state index in [-0.39, 0.29) is 5.91 Å². The highest BCUT2D eigenvalue weighted by Gasteiger charge is 2.14. The van der Waals surface area contributed by atoms with Gasteiger partial charge in [0.15, 0.2) is 0 Å². The molecular formula is C26H24ClN3O2. The number of carbonyl (C=O) groups excluding carboxylic acids is 1. The van der Waals surface area contributed by atoms with Crippen molar-refractivity contribution < 1.29 is 9.53 Å². The number of benzene rings is 3. The fourth-order valence-electron chi connectivity index (χ4n) is 3.33. The van der Waals surface area contributed by atoms with E-state index in [4.69, 9.17) is 21.4 Å². The third kappa shape index (κ3) is 5.18. The van der Waals surface area contributed by atoms with Crippen molar-refractivity contribution in [2.75, 3.05) is 6.61 Å². The van der Waals surface area contributed by atoms with E-state index >= 15 is 0 Å². The van der Waals surface area contributed by atoms with Crippen molar-refractivity contribution in [3.8, 4) is 22.7 Å². The number of halogens is 1. The highest BCUT2D eigenvalue weighted by Crippen LogP contribution is 2.26. The van der Waals surface area contributed by atoms with Crippen LogP contribution >= 0.6 is 11.6 Å². The standard InChI is InChI=1S/C26H24ClN3O2/c1-2-15-32-24-13-11-19(12-14-24)25-21(18-30(29-25)23-9-4-3-5-10-23)17-28-26(31)20-7-6-8-22(27)16-20/h3-14,16,18H,2,15,17H2,1H3,(H,28,31). The van der Waals surface area contributed by atoms with E-state index in [2.05, 4.69) is 12.2 Å². The molecule has 0 atom stereocenters. The molecule has 1 heterocycles. The van der Waals surface area contributed by atoms with Gasteiger partial charge in [-0.05, 0) is 61.0 Å². The molecule has 5 nitrogen and oxygen atoms in total. The maximum absolute atomic E-state index is 12.6. The van der Waals surface area contributed by atoms with Gasteiger partial charge < -0.3 is 10.1 Å². The minimum Gasteiger partial charge on any atom is -0.494 e. The first-order chi connectivity index (χ1) is 15.6. The SMILES string of the molecule is CCCOc1ccc(-c2nn(-c3ccccc3)cc2CNC(=O)c2cccc(Cl)c2)cc1. The third-order valence-corrected chi connectivity index (χ3v) is 5.17. The molecule has 0 aliphatic heterocycles. The molecule has 32 heavy (non-hydrogen) atoms. The Hall–Kier alpha value is -3.57. The van der Waals surface area contributed by atoms with Crippen LogP contribution in [0, 0.1) is 0 Å². The lowest BCUT2D eigenvalue weighted by Gasteiger charge is -2.08. The minimum atomic E-state index is -0.186. The Morgan fingerprint density at radius 3 is 2.53 bits per heavy atom. The number of hydrogen-bond acceptors (Lipinski definition) is 3. The van der Waals surface area contributed by atoms with Gasteiger partial charge in [0.1, 0.15) is 5.75 Å². The first-order valence-electron chi connectivity index (χ1n) is 10.5. The Kier molecular flexibility index (Phi) is 6.87. The van der Waals surface area contributed by atoms with Gasteiger partial charge in [-0.15, -0.1) is 0 Å². The van der Waals surface area contributed by atoms with Crippen LogP contribution < -0.4 is 10.1 Å². The fourth-order valence-corrected chi connectivity index (χ4v) is 3.52. The predicted octanol–water partition coefficient (Wildman–Crippen LogP) is 5.91. The lowest BCUT2D eigenvalue weighted by atomic mass is 10.1. The van der Waals surface area contributed by atoms with Crippen LogP contribution in [0.5, 0.6) is 5.75 Å². The zero-order valence-corrected chi connectivity index (χ0v) is 18.5. The summed E-state index contributed by atoms with van der Waals surface area (Å²) < 4.78 is 7.53. The predicted molar refractivity (Wildman–Crippen MR) is 127 cm³/mol. The molecule has 0 unspecified atom stereocenters. The molecule has 0 saturated carbocycles. The number of ether oxygens (including phenoxy) is 1. The lowest BCUT2D eigenvalue weighted by Crippen LogP contribution is -2.22. The lowest BCUT2D eigenvalue weighted by molar-refractivity contribution is 0.0951. The van der Waals surface area contributed by atoms with Crippen molar-refractivity contribution in [1.82, 2.24) is 15.1 Å². The fraction of sp³-hybridized carbons (Fsp3) is 0.154. The van der Waals surface area contributed by atoms with Crippen molar-refractivity contribution in [1.29, 1.82) is 0 Å². The molecule has 0 saturated heterocycles. The van der Waals surface area contributed by atoms with E-state index in [9.17, 15) is 4.79 Å². The molecule has 1 amide bonds. The molecule has 162 valence electrons. The Morgan fingerprint density at radius 2 is 1.81 bits per heavy atom. The highest BCUT2D eigenvalue weighted by molar-refractivity contribution is 6.30. The van der Waals surface area contributed by atoms with Crippen LogP contribution in [0.2, 0.25) is 5.02 Å². The summed E-state index contributed by atoms with van der Waals surface area (Å²) in [4.78, 5) is 12.6. The van der Waals surface area contributed by atoms with Gasteiger partial charge in [-0.3, -0.25) is 4.79 Å². The zero-order chi connectivity index (χ0) is 22.3. The van der Waals surface area contributed by atoms with E-state index in [1.807, 2.05) is 65.5 Å². The van der Waals surface area contributed by atoms with Crippen LogP contribution in [-0.4, -0.2) is 22.3 Å². The molecule has 4 aromatic rings. The van der Waals surface area contributed by atoms with Crippen LogP contribution in [-0.2, 0) is 6.54 Å². The molecule has 1 N–H and O–H groups in total. The summed E-state index contributed by atoms with van der Waals surface area (Å²) in [5, 5.41) is 8.32. The zero-order valence-electron chi connectivity index (χ0n) is 17.8. The van der Waals surface area contributed by atoms with Gasteiger partial charge in [0.25, 0.3) is 5.91 Å². The second-order valence-corrected chi connectivity index (χ2v) is 7.79. The quantitative estimate of drug-likeness (QED) is 0.366. The van der Waals surface area contributed by atoms with Crippen LogP contribution in [0.1, 0.15) is 29.3 Å². The van der Waals surface area contributed by atoms with Gasteiger partial charge in [0, 0.05) is 34.5 Å². The van der Waals surface area contributed by atoms with Gasteiger partial charge in [-0.25, -0.2) is 4.68 Å². The number of hydrogen-bond donors (Lipinski definition) is 1. The number of nitrogens with zero attached hydrogens (tertiary/aromatic N) is 2. The first kappa shape index (κ1) is 21.7. The van der Waals surface area contributed by atoms with Crippen LogP contribution in [0.25, 0.3) is 16.9 Å². The van der Waals surface area contributed by atoms with Gasteiger partial charge in [-0.1, -0.05) is 42.8 Å². The number of aromatic nitrogens is 2. The normalized spacial score (nSPS) is 10.7. The van der Waals surface area contributed by atoms with Crippen molar-refractivity contribution in [3.63, 3.8) is 0 Å². The van der Waals surface area contributed by atoms with Crippen molar-refractivity contribution in [2.24, 2.45) is 0 Å². The smallest absolute Gasteiger partial charge is 0.251 e. The number of amides is 1. The molecule has 0 bridgehead atoms. The summed E-state index contributed by atoms with van der Waals surface area (Å²) in [6.45, 7) is 3.10. The first-order valence-corrected chi connectivity index (χ1v) is 10.9. The molecular weight excluding hydrogens is 422 g/mol. The highest BCUT2D eigenvalue weighted by atomic mass is 35.5. The van der Waals surface area contributed by atoms with Gasteiger partial charge in [0.05, 0.1) is 18.0 Å². The summed E-state index contributed by atoms with van der Waals surface area (Å²) in [6, 6.07) is 24.7. The summed E-state index contributed by atoms with van der Waals surface area (Å²) in [6.07, 6.45) is 2.91. The van der Waals surface area contributed by atoms with E-state index < -0.39 is 0 Å². The van der Waals surface area contributed by atoms with Gasteiger partial charge in [-0.2, -0.15) is 5.10 Å². The van der Waals surface area contributed by atoms with Crippen molar-refractivity contribution in [2.45, 2.75) is 19.9 Å². The van der Waals surface area contributed by atoms with Gasteiger partial charge in [0.2, 0.25) is 0 Å². The Labute approximate surface area is 192 Å². The van der Waals surface area contributed by atoms with Crippen molar-refractivity contribution in [3.05, 3.63) is 101 Å². The summed E-state index contributed by atoms with van der Waals surface area (Å²) in [5.74, 6) is 0.642. The number of carbonyl (C=O) groups is 1. The summed E-state index contributed by atoms with van der Waals surface area (Å²) >= 11 is 6.02. The number of nitrogens with one attached hydrogen (secondary N) is 1. The van der Waals surface area contributed by atoms with Crippen LogP contribution in [0.3, 0.4) is 0 Å². The Bertz CT molecular complexity index is 1190. The molecule has 0 aliphatic rings. The molecule has 3 aromatic carbocycles. The minimum absolute atomic E-state index is 0.186. The van der Waals surface area contributed by atoms with E-state index in [0.717, 1.165) is 34.7 Å². The van der Waals surface area contributed by atoms with Gasteiger partial charge >= 0.3 is 0 Å². The van der Waals surface area contributed by atoms with E-state index in [1.165, 1.54) is 0 Å². The monoisotopic (exact) mass is 445 g/mol. The van der Waals surface area contributed by atoms with E-state index in [0.29, 0.717) is 23.7 Å². The van der Waals surface area contributed by atoms with E-state index in [1.54, 1.807) is 24.3 Å². The average molecular weight is 446 g/mol. The molecule has 6 heteroatoms. The largest absolute Gasteiger partial charge is 0.494 e. The molecule has 1 aromatic heterocycles. The van der Waals surface area contributed by atoms with Crippen LogP contribution in [0.4, 0.5) is 0 Å². The Balaban J connectivity index is 1.61. The number of para-hydroxylation sites is 1.